The van der Waals surface area contributed by atoms with Crippen LogP contribution in [0, 0.1) is 18.6 Å². The van der Waals surface area contributed by atoms with Gasteiger partial charge in [0.1, 0.15) is 18.2 Å². The molecule has 0 aliphatic rings. The fourth-order valence-corrected chi connectivity index (χ4v) is 2.37. The standard InChI is InChI=1S/C13H14BrF2N3O/c1-3-4-19-8(2)17-18-12(19)7-20-13-10(14)5-9(15)6-11(13)16/h5-6H,3-4,7H2,1-2H3. The molecule has 0 bridgehead atoms. The summed E-state index contributed by atoms with van der Waals surface area (Å²) in [5.41, 5.74) is 0. The van der Waals surface area contributed by atoms with Crippen LogP contribution in [0.2, 0.25) is 0 Å². The van der Waals surface area contributed by atoms with Crippen molar-refractivity contribution in [2.75, 3.05) is 0 Å². The average Bonchev–Trinajstić information content (AvgIpc) is 2.70. The minimum Gasteiger partial charge on any atom is -0.481 e. The molecule has 0 atom stereocenters. The summed E-state index contributed by atoms with van der Waals surface area (Å²) in [4.78, 5) is 0. The molecule has 20 heavy (non-hydrogen) atoms. The van der Waals surface area contributed by atoms with Gasteiger partial charge in [-0.15, -0.1) is 10.2 Å². The van der Waals surface area contributed by atoms with Gasteiger partial charge >= 0.3 is 0 Å². The minimum atomic E-state index is -0.754. The third-order valence-corrected chi connectivity index (χ3v) is 3.36. The van der Waals surface area contributed by atoms with Gasteiger partial charge in [-0.3, -0.25) is 0 Å². The van der Waals surface area contributed by atoms with Gasteiger partial charge in [-0.25, -0.2) is 8.78 Å². The first kappa shape index (κ1) is 14.9. The Bertz CT molecular complexity index is 593. The zero-order valence-electron chi connectivity index (χ0n) is 11.2. The highest BCUT2D eigenvalue weighted by molar-refractivity contribution is 9.10. The summed E-state index contributed by atoms with van der Waals surface area (Å²) < 4.78 is 34.2. The Kier molecular flexibility index (Phi) is 4.69. The molecule has 0 unspecified atom stereocenters. The Hall–Kier alpha value is -1.50. The molecule has 0 radical (unpaired) electrons. The number of nitrogens with zero attached hydrogens (tertiary/aromatic N) is 3. The van der Waals surface area contributed by atoms with Crippen LogP contribution < -0.4 is 4.74 Å². The fourth-order valence-electron chi connectivity index (χ4n) is 1.85. The normalized spacial score (nSPS) is 10.8. The number of ether oxygens (including phenoxy) is 1. The van der Waals surface area contributed by atoms with Crippen molar-refractivity contribution < 1.29 is 13.5 Å². The molecule has 0 aliphatic heterocycles. The number of hydrogen-bond donors (Lipinski definition) is 0. The van der Waals surface area contributed by atoms with E-state index in [1.165, 1.54) is 0 Å². The van der Waals surface area contributed by atoms with E-state index >= 15 is 0 Å². The lowest BCUT2D eigenvalue weighted by atomic mass is 10.3. The maximum atomic E-state index is 13.6. The first-order valence-corrected chi connectivity index (χ1v) is 6.98. The van der Waals surface area contributed by atoms with Crippen LogP contribution >= 0.6 is 15.9 Å². The maximum Gasteiger partial charge on any atom is 0.171 e. The molecule has 0 N–H and O–H groups in total. The van der Waals surface area contributed by atoms with E-state index in [1.807, 2.05) is 18.4 Å². The van der Waals surface area contributed by atoms with Crippen molar-refractivity contribution in [3.8, 4) is 5.75 Å². The minimum absolute atomic E-state index is 0.0323. The number of aromatic nitrogens is 3. The van der Waals surface area contributed by atoms with Crippen molar-refractivity contribution in [1.29, 1.82) is 0 Å². The molecule has 1 heterocycles. The Morgan fingerprint density at radius 1 is 1.30 bits per heavy atom. The third-order valence-electron chi connectivity index (χ3n) is 2.77. The second-order valence-corrected chi connectivity index (χ2v) is 5.16. The van der Waals surface area contributed by atoms with Crippen LogP contribution in [0.3, 0.4) is 0 Å². The zero-order valence-corrected chi connectivity index (χ0v) is 12.7. The monoisotopic (exact) mass is 345 g/mol. The third kappa shape index (κ3) is 3.15. The van der Waals surface area contributed by atoms with Crippen molar-refractivity contribution in [3.05, 3.63) is 39.9 Å². The second kappa shape index (κ2) is 6.30. The first-order valence-electron chi connectivity index (χ1n) is 6.19. The van der Waals surface area contributed by atoms with Crippen molar-refractivity contribution in [2.24, 2.45) is 0 Å². The highest BCUT2D eigenvalue weighted by atomic mass is 79.9. The Balaban J connectivity index is 2.17. The van der Waals surface area contributed by atoms with Gasteiger partial charge < -0.3 is 9.30 Å². The molecule has 0 fully saturated rings. The number of rotatable bonds is 5. The van der Waals surface area contributed by atoms with E-state index in [1.54, 1.807) is 0 Å². The molecule has 108 valence electrons. The fraction of sp³-hybridized carbons (Fsp3) is 0.385. The topological polar surface area (TPSA) is 39.9 Å². The van der Waals surface area contributed by atoms with Crippen LogP contribution in [0.5, 0.6) is 5.75 Å². The van der Waals surface area contributed by atoms with Gasteiger partial charge in [0.05, 0.1) is 4.47 Å². The van der Waals surface area contributed by atoms with Crippen molar-refractivity contribution in [1.82, 2.24) is 14.8 Å². The van der Waals surface area contributed by atoms with Crippen molar-refractivity contribution in [2.45, 2.75) is 33.4 Å². The van der Waals surface area contributed by atoms with Crippen LogP contribution in [0.15, 0.2) is 16.6 Å². The van der Waals surface area contributed by atoms with Gasteiger partial charge in [-0.2, -0.15) is 0 Å². The van der Waals surface area contributed by atoms with E-state index in [0.717, 1.165) is 30.9 Å². The smallest absolute Gasteiger partial charge is 0.171 e. The highest BCUT2D eigenvalue weighted by Gasteiger charge is 2.14. The van der Waals surface area contributed by atoms with Gasteiger partial charge in [-0.05, 0) is 35.3 Å². The number of benzene rings is 1. The molecule has 2 aromatic rings. The first-order chi connectivity index (χ1) is 9.52. The van der Waals surface area contributed by atoms with Crippen LogP contribution in [-0.2, 0) is 13.2 Å². The van der Waals surface area contributed by atoms with Gasteiger partial charge in [0.15, 0.2) is 17.4 Å². The largest absolute Gasteiger partial charge is 0.481 e. The van der Waals surface area contributed by atoms with Crippen LogP contribution in [0.25, 0.3) is 0 Å². The van der Waals surface area contributed by atoms with E-state index in [4.69, 9.17) is 4.74 Å². The lowest BCUT2D eigenvalue weighted by Crippen LogP contribution is -2.09. The zero-order chi connectivity index (χ0) is 14.7. The van der Waals surface area contributed by atoms with Gasteiger partial charge in [0.2, 0.25) is 0 Å². The molecule has 0 saturated carbocycles. The second-order valence-electron chi connectivity index (χ2n) is 4.30. The van der Waals surface area contributed by atoms with Crippen LogP contribution in [0.1, 0.15) is 25.0 Å². The average molecular weight is 346 g/mol. The molecule has 0 spiro atoms. The highest BCUT2D eigenvalue weighted by Crippen LogP contribution is 2.29. The van der Waals surface area contributed by atoms with Crippen LogP contribution in [-0.4, -0.2) is 14.8 Å². The van der Waals surface area contributed by atoms with E-state index in [0.29, 0.717) is 5.82 Å². The predicted molar refractivity (Wildman–Crippen MR) is 73.4 cm³/mol. The molecule has 4 nitrogen and oxygen atoms in total. The van der Waals surface area contributed by atoms with E-state index in [2.05, 4.69) is 26.1 Å². The molecular weight excluding hydrogens is 332 g/mol. The van der Waals surface area contributed by atoms with Crippen molar-refractivity contribution in [3.63, 3.8) is 0 Å². The summed E-state index contributed by atoms with van der Waals surface area (Å²) in [5.74, 6) is -0.0546. The summed E-state index contributed by atoms with van der Waals surface area (Å²) in [5, 5.41) is 7.98. The molecule has 0 saturated heterocycles. The molecule has 1 aromatic carbocycles. The molecule has 0 amide bonds. The lowest BCUT2D eigenvalue weighted by Gasteiger charge is -2.10. The number of aryl methyl sites for hydroxylation is 1. The molecule has 0 aliphatic carbocycles. The molecule has 2 rings (SSSR count). The summed E-state index contributed by atoms with van der Waals surface area (Å²) in [6.07, 6.45) is 0.931. The van der Waals surface area contributed by atoms with Gasteiger partial charge in [0.25, 0.3) is 0 Å². The summed E-state index contributed by atoms with van der Waals surface area (Å²) >= 11 is 3.08. The van der Waals surface area contributed by atoms with E-state index in [-0.39, 0.29) is 16.8 Å². The summed E-state index contributed by atoms with van der Waals surface area (Å²) in [6.45, 7) is 4.73. The predicted octanol–water partition coefficient (Wildman–Crippen LogP) is 3.62. The summed E-state index contributed by atoms with van der Waals surface area (Å²) in [6, 6.07) is 1.93. The Morgan fingerprint density at radius 3 is 2.70 bits per heavy atom. The van der Waals surface area contributed by atoms with E-state index in [9.17, 15) is 8.78 Å². The maximum absolute atomic E-state index is 13.6. The lowest BCUT2D eigenvalue weighted by molar-refractivity contribution is 0.271. The van der Waals surface area contributed by atoms with Gasteiger partial charge in [-0.1, -0.05) is 6.92 Å². The Morgan fingerprint density at radius 2 is 2.05 bits per heavy atom. The molecule has 7 heteroatoms. The van der Waals surface area contributed by atoms with E-state index < -0.39 is 11.6 Å². The van der Waals surface area contributed by atoms with Gasteiger partial charge in [0, 0.05) is 12.6 Å². The Labute approximate surface area is 123 Å². The van der Waals surface area contributed by atoms with Crippen molar-refractivity contribution >= 4 is 15.9 Å². The molecular formula is C13H14BrF2N3O. The number of halogens is 3. The summed E-state index contributed by atoms with van der Waals surface area (Å²) in [7, 11) is 0. The van der Waals surface area contributed by atoms with Crippen LogP contribution in [0.4, 0.5) is 8.78 Å². The quantitative estimate of drug-likeness (QED) is 0.830. The SMILES string of the molecule is CCCn1c(C)nnc1COc1c(F)cc(F)cc1Br. The number of hydrogen-bond acceptors (Lipinski definition) is 3. The molecule has 1 aromatic heterocycles.